The largest absolute Gasteiger partial charge is 0.336 e. The summed E-state index contributed by atoms with van der Waals surface area (Å²) >= 11 is 7.24. The smallest absolute Gasteiger partial charge is 0.324 e. The third kappa shape index (κ3) is 3.64. The van der Waals surface area contributed by atoms with Crippen LogP contribution in [0.25, 0.3) is 11.4 Å². The first-order valence-corrected chi connectivity index (χ1v) is 9.22. The highest BCUT2D eigenvalue weighted by atomic mass is 35.5. The lowest BCUT2D eigenvalue weighted by atomic mass is 10.2. The summed E-state index contributed by atoms with van der Waals surface area (Å²) in [4.78, 5) is 25.3. The molecule has 0 radical (unpaired) electrons. The molecule has 3 rings (SSSR count). The first kappa shape index (κ1) is 17.8. The Morgan fingerprint density at radius 2 is 2.08 bits per heavy atom. The van der Waals surface area contributed by atoms with Crippen molar-refractivity contribution in [2.75, 3.05) is 13.1 Å². The average molecular weight is 380 g/mol. The number of urea groups is 1. The average Bonchev–Trinajstić information content (AvgIpc) is 3.20. The van der Waals surface area contributed by atoms with E-state index in [4.69, 9.17) is 11.6 Å². The maximum Gasteiger partial charge on any atom is 0.324 e. The lowest BCUT2D eigenvalue weighted by Gasteiger charge is -2.17. The van der Waals surface area contributed by atoms with Gasteiger partial charge in [0.1, 0.15) is 0 Å². The van der Waals surface area contributed by atoms with E-state index in [0.29, 0.717) is 29.8 Å². The summed E-state index contributed by atoms with van der Waals surface area (Å²) in [5.74, 6) is 0.499. The third-order valence-electron chi connectivity index (χ3n) is 3.89. The zero-order valence-corrected chi connectivity index (χ0v) is 15.5. The quantitative estimate of drug-likeness (QED) is 0.808. The summed E-state index contributed by atoms with van der Waals surface area (Å²) < 4.78 is 1.95. The Kier molecular flexibility index (Phi) is 5.29. The van der Waals surface area contributed by atoms with E-state index >= 15 is 0 Å². The van der Waals surface area contributed by atoms with Gasteiger partial charge < -0.3 is 9.88 Å². The summed E-state index contributed by atoms with van der Waals surface area (Å²) in [6.45, 7) is 5.33. The second-order valence-corrected chi connectivity index (χ2v) is 7.28. The second kappa shape index (κ2) is 7.45. The first-order chi connectivity index (χ1) is 12.0. The zero-order chi connectivity index (χ0) is 18.0. The molecular weight excluding hydrogens is 362 g/mol. The van der Waals surface area contributed by atoms with Crippen LogP contribution in [-0.2, 0) is 11.3 Å². The molecule has 0 aliphatic carbocycles. The summed E-state index contributed by atoms with van der Waals surface area (Å²) in [5.41, 5.74) is 0.906. The molecule has 1 aliphatic rings. The lowest BCUT2D eigenvalue weighted by molar-refractivity contribution is -0.126. The van der Waals surface area contributed by atoms with Crippen molar-refractivity contribution < 1.29 is 9.59 Å². The van der Waals surface area contributed by atoms with Crippen LogP contribution in [0.5, 0.6) is 0 Å². The van der Waals surface area contributed by atoms with E-state index in [-0.39, 0.29) is 11.9 Å². The lowest BCUT2D eigenvalue weighted by Crippen LogP contribution is -2.39. The Morgan fingerprint density at radius 1 is 1.36 bits per heavy atom. The zero-order valence-electron chi connectivity index (χ0n) is 13.9. The Balaban J connectivity index is 1.80. The predicted octanol–water partition coefficient (Wildman–Crippen LogP) is 2.65. The summed E-state index contributed by atoms with van der Waals surface area (Å²) in [6.07, 6.45) is 0. The molecule has 2 heterocycles. The maximum atomic E-state index is 12.4. The number of carbonyl (C=O) groups is 2. The molecule has 7 nitrogen and oxygen atoms in total. The Morgan fingerprint density at radius 3 is 2.68 bits per heavy atom. The molecule has 0 saturated carbocycles. The molecule has 132 valence electrons. The molecule has 1 aromatic carbocycles. The van der Waals surface area contributed by atoms with Gasteiger partial charge in [-0.1, -0.05) is 23.4 Å². The number of nitrogens with one attached hydrogen (secondary N) is 1. The van der Waals surface area contributed by atoms with E-state index < -0.39 is 5.25 Å². The molecule has 1 fully saturated rings. The van der Waals surface area contributed by atoms with Gasteiger partial charge in [-0.25, -0.2) is 4.79 Å². The molecule has 0 bridgehead atoms. The number of amides is 3. The molecule has 1 N–H and O–H groups in total. The Labute approximate surface area is 154 Å². The SMILES string of the molecule is CCn1c(S[C@H](C)C(=O)N2CCNC2=O)nnc1-c1ccc(Cl)cc1. The summed E-state index contributed by atoms with van der Waals surface area (Å²) in [7, 11) is 0. The number of thioether (sulfide) groups is 1. The van der Waals surface area contributed by atoms with Gasteiger partial charge in [-0.15, -0.1) is 10.2 Å². The van der Waals surface area contributed by atoms with Crippen LogP contribution in [0.2, 0.25) is 5.02 Å². The van der Waals surface area contributed by atoms with Crippen molar-refractivity contribution in [2.24, 2.45) is 0 Å². The van der Waals surface area contributed by atoms with Gasteiger partial charge in [0.25, 0.3) is 0 Å². The van der Waals surface area contributed by atoms with Gasteiger partial charge in [0.15, 0.2) is 11.0 Å². The molecule has 0 unspecified atom stereocenters. The normalized spacial score (nSPS) is 15.3. The van der Waals surface area contributed by atoms with Gasteiger partial charge in [-0.05, 0) is 38.1 Å². The third-order valence-corrected chi connectivity index (χ3v) is 5.21. The fourth-order valence-corrected chi connectivity index (χ4v) is 3.68. The highest BCUT2D eigenvalue weighted by Crippen LogP contribution is 2.28. The van der Waals surface area contributed by atoms with Crippen LogP contribution in [-0.4, -0.2) is 49.9 Å². The van der Waals surface area contributed by atoms with E-state index in [2.05, 4.69) is 15.5 Å². The molecule has 2 aromatic rings. The number of aromatic nitrogens is 3. The summed E-state index contributed by atoms with van der Waals surface area (Å²) in [6, 6.07) is 7.04. The van der Waals surface area contributed by atoms with Gasteiger partial charge in [0.2, 0.25) is 5.91 Å². The van der Waals surface area contributed by atoms with Crippen molar-refractivity contribution in [3.63, 3.8) is 0 Å². The number of rotatable bonds is 5. The van der Waals surface area contributed by atoms with E-state index in [0.717, 1.165) is 11.4 Å². The van der Waals surface area contributed by atoms with E-state index in [9.17, 15) is 9.59 Å². The minimum absolute atomic E-state index is 0.223. The van der Waals surface area contributed by atoms with Gasteiger partial charge in [0.05, 0.1) is 5.25 Å². The Hall–Kier alpha value is -2.06. The topological polar surface area (TPSA) is 80.1 Å². The molecule has 1 saturated heterocycles. The van der Waals surface area contributed by atoms with Crippen LogP contribution in [0.15, 0.2) is 29.4 Å². The molecule has 9 heteroatoms. The number of benzene rings is 1. The van der Waals surface area contributed by atoms with Crippen LogP contribution in [0.4, 0.5) is 4.79 Å². The highest BCUT2D eigenvalue weighted by molar-refractivity contribution is 8.00. The van der Waals surface area contributed by atoms with Gasteiger partial charge in [-0.3, -0.25) is 9.69 Å². The standard InChI is InChI=1S/C16H18ClN5O2S/c1-3-21-13(11-4-6-12(17)7-5-11)19-20-16(21)25-10(2)14(23)22-9-8-18-15(22)24/h4-7,10H,3,8-9H2,1-2H3,(H,18,24)/t10-/m1/s1. The second-order valence-electron chi connectivity index (χ2n) is 5.54. The van der Waals surface area contributed by atoms with Gasteiger partial charge in [-0.2, -0.15) is 0 Å². The van der Waals surface area contributed by atoms with Crippen molar-refractivity contribution in [1.82, 2.24) is 25.0 Å². The van der Waals surface area contributed by atoms with Crippen molar-refractivity contribution in [3.05, 3.63) is 29.3 Å². The van der Waals surface area contributed by atoms with Crippen LogP contribution >= 0.6 is 23.4 Å². The highest BCUT2D eigenvalue weighted by Gasteiger charge is 2.31. The van der Waals surface area contributed by atoms with Crippen LogP contribution in [0.1, 0.15) is 13.8 Å². The fraction of sp³-hybridized carbons (Fsp3) is 0.375. The van der Waals surface area contributed by atoms with Crippen LogP contribution in [0, 0.1) is 0 Å². The van der Waals surface area contributed by atoms with Crippen LogP contribution < -0.4 is 5.32 Å². The number of carbonyl (C=O) groups excluding carboxylic acids is 2. The molecule has 0 spiro atoms. The van der Waals surface area contributed by atoms with Gasteiger partial charge >= 0.3 is 6.03 Å². The molecule has 3 amide bonds. The fourth-order valence-electron chi connectivity index (χ4n) is 2.58. The number of halogens is 1. The maximum absolute atomic E-state index is 12.4. The van der Waals surface area contributed by atoms with Gasteiger partial charge in [0, 0.05) is 30.2 Å². The minimum Gasteiger partial charge on any atom is -0.336 e. The monoisotopic (exact) mass is 379 g/mol. The van der Waals surface area contributed by atoms with E-state index in [1.807, 2.05) is 23.6 Å². The van der Waals surface area contributed by atoms with Crippen LogP contribution in [0.3, 0.4) is 0 Å². The number of imide groups is 1. The van der Waals surface area contributed by atoms with Crippen molar-refractivity contribution in [2.45, 2.75) is 30.8 Å². The van der Waals surface area contributed by atoms with Crippen molar-refractivity contribution in [1.29, 1.82) is 0 Å². The summed E-state index contributed by atoms with van der Waals surface area (Å²) in [5, 5.41) is 12.0. The molecule has 1 atom stereocenters. The number of hydrogen-bond acceptors (Lipinski definition) is 5. The van der Waals surface area contributed by atoms with E-state index in [1.54, 1.807) is 19.1 Å². The molecular formula is C16H18ClN5O2S. The number of nitrogens with zero attached hydrogens (tertiary/aromatic N) is 4. The van der Waals surface area contributed by atoms with E-state index in [1.165, 1.54) is 16.7 Å². The molecule has 1 aromatic heterocycles. The van der Waals surface area contributed by atoms with Crippen molar-refractivity contribution in [3.8, 4) is 11.4 Å². The number of hydrogen-bond donors (Lipinski definition) is 1. The molecule has 1 aliphatic heterocycles. The Bertz CT molecular complexity index is 792. The minimum atomic E-state index is -0.434. The first-order valence-electron chi connectivity index (χ1n) is 7.96. The van der Waals surface area contributed by atoms with Crippen molar-refractivity contribution >= 4 is 35.3 Å². The predicted molar refractivity (Wildman–Crippen MR) is 96.6 cm³/mol. The molecule has 25 heavy (non-hydrogen) atoms.